The summed E-state index contributed by atoms with van der Waals surface area (Å²) in [4.78, 5) is 4.90. The van der Waals surface area contributed by atoms with Crippen LogP contribution in [-0.2, 0) is 13.0 Å². The lowest BCUT2D eigenvalue weighted by molar-refractivity contribution is 0.716. The van der Waals surface area contributed by atoms with Gasteiger partial charge in [-0.05, 0) is 30.5 Å². The summed E-state index contributed by atoms with van der Waals surface area (Å²) in [5, 5.41) is 10.5. The largest absolute Gasteiger partial charge is 0.331 e. The van der Waals surface area contributed by atoms with Crippen LogP contribution in [0.5, 0.6) is 0 Å². The second kappa shape index (κ2) is 6.85. The molecule has 0 fully saturated rings. The molecule has 0 atom stereocenters. The zero-order chi connectivity index (χ0) is 17.9. The summed E-state index contributed by atoms with van der Waals surface area (Å²) < 4.78 is 2.11. The molecule has 2 heterocycles. The Morgan fingerprint density at radius 3 is 2.38 bits per heavy atom. The van der Waals surface area contributed by atoms with Crippen LogP contribution in [0.1, 0.15) is 16.7 Å². The number of pyridine rings is 1. The summed E-state index contributed by atoms with van der Waals surface area (Å²) in [5.41, 5.74) is 5.98. The van der Waals surface area contributed by atoms with Crippen LogP contribution >= 0.6 is 0 Å². The minimum absolute atomic E-state index is 0.692. The van der Waals surface area contributed by atoms with Gasteiger partial charge in [0.2, 0.25) is 0 Å². The lowest BCUT2D eigenvalue weighted by atomic mass is 10.1. The van der Waals surface area contributed by atoms with E-state index in [4.69, 9.17) is 4.98 Å². The van der Waals surface area contributed by atoms with Crippen molar-refractivity contribution in [2.45, 2.75) is 19.9 Å². The minimum Gasteiger partial charge on any atom is -0.331 e. The van der Waals surface area contributed by atoms with Crippen molar-refractivity contribution in [1.82, 2.24) is 9.55 Å². The van der Waals surface area contributed by atoms with E-state index in [0.717, 1.165) is 40.8 Å². The zero-order valence-corrected chi connectivity index (χ0v) is 14.7. The highest BCUT2D eigenvalue weighted by Gasteiger charge is 2.14. The SMILES string of the molecule is Cc1cc(-c2ccccc2)nc2c1c(C#N)cn2CCc1ccccc1. The molecule has 126 valence electrons. The molecule has 0 amide bonds. The lowest BCUT2D eigenvalue weighted by Crippen LogP contribution is -2.01. The molecular formula is C23H19N3. The fourth-order valence-electron chi connectivity index (χ4n) is 3.38. The molecular weight excluding hydrogens is 318 g/mol. The fraction of sp³-hybridized carbons (Fsp3) is 0.130. The fourth-order valence-corrected chi connectivity index (χ4v) is 3.38. The highest BCUT2D eigenvalue weighted by atomic mass is 15.0. The van der Waals surface area contributed by atoms with E-state index < -0.39 is 0 Å². The number of aromatic nitrogens is 2. The predicted octanol–water partition coefficient (Wildman–Crippen LogP) is 5.13. The maximum atomic E-state index is 9.55. The number of aryl methyl sites for hydroxylation is 3. The molecule has 0 aliphatic heterocycles. The molecule has 4 rings (SSSR count). The summed E-state index contributed by atoms with van der Waals surface area (Å²) in [6.45, 7) is 2.85. The van der Waals surface area contributed by atoms with Crippen molar-refractivity contribution in [1.29, 1.82) is 5.26 Å². The molecule has 0 saturated carbocycles. The van der Waals surface area contributed by atoms with Crippen molar-refractivity contribution < 1.29 is 0 Å². The Balaban J connectivity index is 1.79. The molecule has 0 N–H and O–H groups in total. The number of fused-ring (bicyclic) bond motifs is 1. The third kappa shape index (κ3) is 2.98. The number of rotatable bonds is 4. The van der Waals surface area contributed by atoms with E-state index in [2.05, 4.69) is 60.0 Å². The normalized spacial score (nSPS) is 10.8. The standard InChI is InChI=1S/C23H19N3/c1-17-14-21(19-10-6-3-7-11-19)25-23-22(17)20(15-24)16-26(23)13-12-18-8-4-2-5-9-18/h2-11,14,16H,12-13H2,1H3. The topological polar surface area (TPSA) is 41.6 Å². The van der Waals surface area contributed by atoms with Crippen LogP contribution < -0.4 is 0 Å². The molecule has 0 radical (unpaired) electrons. The van der Waals surface area contributed by atoms with Gasteiger partial charge in [0.15, 0.2) is 0 Å². The number of benzene rings is 2. The van der Waals surface area contributed by atoms with Crippen LogP contribution in [-0.4, -0.2) is 9.55 Å². The Bertz CT molecular complexity index is 1090. The minimum atomic E-state index is 0.692. The van der Waals surface area contributed by atoms with Crippen molar-refractivity contribution >= 4 is 11.0 Å². The molecule has 2 aromatic heterocycles. The van der Waals surface area contributed by atoms with Gasteiger partial charge in [-0.25, -0.2) is 4.98 Å². The van der Waals surface area contributed by atoms with E-state index in [1.807, 2.05) is 30.5 Å². The Hall–Kier alpha value is -3.38. The van der Waals surface area contributed by atoms with Crippen LogP contribution in [0.4, 0.5) is 0 Å². The highest BCUT2D eigenvalue weighted by molar-refractivity contribution is 5.88. The summed E-state index contributed by atoms with van der Waals surface area (Å²) in [6.07, 6.45) is 2.84. The van der Waals surface area contributed by atoms with Gasteiger partial charge in [0, 0.05) is 23.7 Å². The first kappa shape index (κ1) is 16.1. The smallest absolute Gasteiger partial charge is 0.142 e. The van der Waals surface area contributed by atoms with Crippen molar-refractivity contribution in [2.24, 2.45) is 0 Å². The molecule has 0 unspecified atom stereocenters. The third-order valence-corrected chi connectivity index (χ3v) is 4.70. The predicted molar refractivity (Wildman–Crippen MR) is 105 cm³/mol. The Labute approximate surface area is 153 Å². The van der Waals surface area contributed by atoms with Crippen molar-refractivity contribution in [3.8, 4) is 17.3 Å². The lowest BCUT2D eigenvalue weighted by Gasteiger charge is -2.08. The Morgan fingerprint density at radius 2 is 1.69 bits per heavy atom. The summed E-state index contributed by atoms with van der Waals surface area (Å²) >= 11 is 0. The Morgan fingerprint density at radius 1 is 1.00 bits per heavy atom. The van der Waals surface area contributed by atoms with E-state index in [1.54, 1.807) is 0 Å². The van der Waals surface area contributed by atoms with Crippen LogP contribution in [0.2, 0.25) is 0 Å². The number of hydrogen-bond donors (Lipinski definition) is 0. The molecule has 2 aromatic carbocycles. The first-order valence-electron chi connectivity index (χ1n) is 8.76. The quantitative estimate of drug-likeness (QED) is 0.518. The third-order valence-electron chi connectivity index (χ3n) is 4.70. The van der Waals surface area contributed by atoms with Gasteiger partial charge in [-0.3, -0.25) is 0 Å². The summed E-state index contributed by atoms with van der Waals surface area (Å²) in [5.74, 6) is 0. The second-order valence-electron chi connectivity index (χ2n) is 6.47. The van der Waals surface area contributed by atoms with Crippen LogP contribution in [0.25, 0.3) is 22.3 Å². The van der Waals surface area contributed by atoms with E-state index in [1.165, 1.54) is 5.56 Å². The van der Waals surface area contributed by atoms with Gasteiger partial charge in [0.25, 0.3) is 0 Å². The van der Waals surface area contributed by atoms with Gasteiger partial charge in [-0.15, -0.1) is 0 Å². The number of nitriles is 1. The van der Waals surface area contributed by atoms with Gasteiger partial charge in [0.05, 0.1) is 11.3 Å². The van der Waals surface area contributed by atoms with Gasteiger partial charge < -0.3 is 4.57 Å². The van der Waals surface area contributed by atoms with Gasteiger partial charge in [0.1, 0.15) is 11.7 Å². The molecule has 0 aliphatic rings. The van der Waals surface area contributed by atoms with Crippen molar-refractivity contribution in [2.75, 3.05) is 0 Å². The van der Waals surface area contributed by atoms with Gasteiger partial charge >= 0.3 is 0 Å². The van der Waals surface area contributed by atoms with E-state index >= 15 is 0 Å². The molecule has 0 spiro atoms. The highest BCUT2D eigenvalue weighted by Crippen LogP contribution is 2.28. The van der Waals surface area contributed by atoms with Crippen LogP contribution in [0.15, 0.2) is 72.9 Å². The first-order chi connectivity index (χ1) is 12.8. The molecule has 0 saturated heterocycles. The number of hydrogen-bond acceptors (Lipinski definition) is 2. The molecule has 3 nitrogen and oxygen atoms in total. The van der Waals surface area contributed by atoms with Crippen molar-refractivity contribution in [3.05, 3.63) is 89.6 Å². The summed E-state index contributed by atoms with van der Waals surface area (Å²) in [6, 6.07) is 25.0. The molecule has 4 aromatic rings. The van der Waals surface area contributed by atoms with E-state index in [-0.39, 0.29) is 0 Å². The van der Waals surface area contributed by atoms with Crippen molar-refractivity contribution in [3.63, 3.8) is 0 Å². The van der Waals surface area contributed by atoms with E-state index in [9.17, 15) is 5.26 Å². The monoisotopic (exact) mass is 337 g/mol. The van der Waals surface area contributed by atoms with Crippen LogP contribution in [0, 0.1) is 18.3 Å². The molecule has 3 heteroatoms. The first-order valence-corrected chi connectivity index (χ1v) is 8.76. The van der Waals surface area contributed by atoms with E-state index in [0.29, 0.717) is 5.56 Å². The average molecular weight is 337 g/mol. The molecule has 0 aliphatic carbocycles. The molecule has 26 heavy (non-hydrogen) atoms. The second-order valence-corrected chi connectivity index (χ2v) is 6.47. The zero-order valence-electron chi connectivity index (χ0n) is 14.7. The average Bonchev–Trinajstić information content (AvgIpc) is 3.06. The van der Waals surface area contributed by atoms with Gasteiger partial charge in [-0.2, -0.15) is 5.26 Å². The van der Waals surface area contributed by atoms with Gasteiger partial charge in [-0.1, -0.05) is 60.7 Å². The Kier molecular flexibility index (Phi) is 4.25. The van der Waals surface area contributed by atoms with Crippen LogP contribution in [0.3, 0.4) is 0 Å². The maximum Gasteiger partial charge on any atom is 0.142 e. The summed E-state index contributed by atoms with van der Waals surface area (Å²) in [7, 11) is 0. The maximum absolute atomic E-state index is 9.55. The molecule has 0 bridgehead atoms. The number of nitrogens with zero attached hydrogens (tertiary/aromatic N) is 3.